The molecule has 0 aliphatic carbocycles. The van der Waals surface area contributed by atoms with E-state index in [1.54, 1.807) is 0 Å². The molecule has 0 bridgehead atoms. The minimum Gasteiger partial charge on any atom is -0.397 e. The summed E-state index contributed by atoms with van der Waals surface area (Å²) in [6.45, 7) is 7.92. The second kappa shape index (κ2) is 6.80. The molecular formula is C16H27N3. The van der Waals surface area contributed by atoms with E-state index in [2.05, 4.69) is 30.1 Å². The highest BCUT2D eigenvalue weighted by Crippen LogP contribution is 2.22. The number of nitrogens with zero attached hydrogens (tertiary/aromatic N) is 1. The van der Waals surface area contributed by atoms with Gasteiger partial charge in [0.1, 0.15) is 0 Å². The smallest absolute Gasteiger partial charge is 0.0603 e. The standard InChI is InChI=1S/C16H27N3/c1-13-7-5-9-15(17)16(13)18-10-6-12-19-11-4-3-8-14(19)2/h5,7,9,14,18H,3-4,6,8,10-12,17H2,1-2H3. The van der Waals surface area contributed by atoms with Crippen LogP contribution in [0.5, 0.6) is 0 Å². The lowest BCUT2D eigenvalue weighted by Crippen LogP contribution is -2.38. The average molecular weight is 261 g/mol. The average Bonchev–Trinajstić information content (AvgIpc) is 2.39. The van der Waals surface area contributed by atoms with Crippen LogP contribution in [0.2, 0.25) is 0 Å². The van der Waals surface area contributed by atoms with Gasteiger partial charge in [0.05, 0.1) is 11.4 Å². The molecule has 0 radical (unpaired) electrons. The maximum Gasteiger partial charge on any atom is 0.0603 e. The molecule has 1 aliphatic heterocycles. The van der Waals surface area contributed by atoms with Crippen LogP contribution in [-0.2, 0) is 0 Å². The molecule has 3 N–H and O–H groups in total. The molecule has 1 unspecified atom stereocenters. The van der Waals surface area contributed by atoms with Gasteiger partial charge in [0.15, 0.2) is 0 Å². The highest BCUT2D eigenvalue weighted by molar-refractivity contribution is 5.69. The Morgan fingerprint density at radius 3 is 2.95 bits per heavy atom. The lowest BCUT2D eigenvalue weighted by atomic mass is 10.0. The van der Waals surface area contributed by atoms with Gasteiger partial charge in [-0.25, -0.2) is 0 Å². The van der Waals surface area contributed by atoms with Gasteiger partial charge in [-0.15, -0.1) is 0 Å². The zero-order valence-corrected chi connectivity index (χ0v) is 12.3. The largest absolute Gasteiger partial charge is 0.397 e. The van der Waals surface area contributed by atoms with Crippen molar-refractivity contribution >= 4 is 11.4 Å². The summed E-state index contributed by atoms with van der Waals surface area (Å²) in [7, 11) is 0. The predicted molar refractivity (Wildman–Crippen MR) is 83.6 cm³/mol. The number of rotatable bonds is 5. The molecule has 0 spiro atoms. The quantitative estimate of drug-likeness (QED) is 0.631. The Hall–Kier alpha value is -1.22. The molecule has 0 amide bonds. The molecule has 1 atom stereocenters. The van der Waals surface area contributed by atoms with Crippen molar-refractivity contribution in [1.29, 1.82) is 0 Å². The van der Waals surface area contributed by atoms with Gasteiger partial charge in [0.2, 0.25) is 0 Å². The molecule has 3 nitrogen and oxygen atoms in total. The van der Waals surface area contributed by atoms with E-state index in [0.717, 1.165) is 24.0 Å². The Morgan fingerprint density at radius 2 is 2.21 bits per heavy atom. The summed E-state index contributed by atoms with van der Waals surface area (Å²) in [5.41, 5.74) is 9.18. The van der Waals surface area contributed by atoms with Crippen LogP contribution in [0.3, 0.4) is 0 Å². The summed E-state index contributed by atoms with van der Waals surface area (Å²) < 4.78 is 0. The first kappa shape index (κ1) is 14.2. The number of aryl methyl sites for hydroxylation is 1. The highest BCUT2D eigenvalue weighted by atomic mass is 15.2. The van der Waals surface area contributed by atoms with Crippen LogP contribution in [0.1, 0.15) is 38.2 Å². The number of hydrogen-bond donors (Lipinski definition) is 2. The topological polar surface area (TPSA) is 41.3 Å². The van der Waals surface area contributed by atoms with Crippen molar-refractivity contribution in [3.05, 3.63) is 23.8 Å². The van der Waals surface area contributed by atoms with Gasteiger partial charge in [0.25, 0.3) is 0 Å². The maximum absolute atomic E-state index is 6.00. The summed E-state index contributed by atoms with van der Waals surface area (Å²) in [6.07, 6.45) is 5.30. The number of hydrogen-bond acceptors (Lipinski definition) is 3. The molecule has 1 aromatic rings. The Morgan fingerprint density at radius 1 is 1.37 bits per heavy atom. The molecular weight excluding hydrogens is 234 g/mol. The second-order valence-electron chi connectivity index (χ2n) is 5.70. The number of para-hydroxylation sites is 1. The number of nitrogen functional groups attached to an aromatic ring is 1. The lowest BCUT2D eigenvalue weighted by molar-refractivity contribution is 0.160. The van der Waals surface area contributed by atoms with Gasteiger partial charge in [-0.1, -0.05) is 18.6 Å². The van der Waals surface area contributed by atoms with Crippen LogP contribution >= 0.6 is 0 Å². The summed E-state index contributed by atoms with van der Waals surface area (Å²) in [5.74, 6) is 0. The van der Waals surface area contributed by atoms with Gasteiger partial charge in [0, 0.05) is 19.1 Å². The van der Waals surface area contributed by atoms with Crippen molar-refractivity contribution in [2.75, 3.05) is 30.7 Å². The third-order valence-corrected chi connectivity index (χ3v) is 4.17. The first-order valence-electron chi connectivity index (χ1n) is 7.51. The fraction of sp³-hybridized carbons (Fsp3) is 0.625. The van der Waals surface area contributed by atoms with E-state index in [4.69, 9.17) is 5.73 Å². The van der Waals surface area contributed by atoms with Gasteiger partial charge in [-0.2, -0.15) is 0 Å². The molecule has 106 valence electrons. The first-order valence-corrected chi connectivity index (χ1v) is 7.51. The summed E-state index contributed by atoms with van der Waals surface area (Å²) in [4.78, 5) is 2.62. The van der Waals surface area contributed by atoms with Crippen molar-refractivity contribution in [1.82, 2.24) is 4.90 Å². The van der Waals surface area contributed by atoms with E-state index in [-0.39, 0.29) is 0 Å². The van der Waals surface area contributed by atoms with Gasteiger partial charge in [-0.05, 0) is 51.3 Å². The molecule has 1 aliphatic rings. The van der Waals surface area contributed by atoms with E-state index >= 15 is 0 Å². The fourth-order valence-electron chi connectivity index (χ4n) is 2.92. The van der Waals surface area contributed by atoms with E-state index in [0.29, 0.717) is 0 Å². The summed E-state index contributed by atoms with van der Waals surface area (Å²) in [5, 5.41) is 3.48. The van der Waals surface area contributed by atoms with E-state index < -0.39 is 0 Å². The normalized spacial score (nSPS) is 20.4. The van der Waals surface area contributed by atoms with Crippen LogP contribution < -0.4 is 11.1 Å². The minimum atomic E-state index is 0.761. The summed E-state index contributed by atoms with van der Waals surface area (Å²) >= 11 is 0. The number of nitrogens with one attached hydrogen (secondary N) is 1. The van der Waals surface area contributed by atoms with Crippen molar-refractivity contribution < 1.29 is 0 Å². The maximum atomic E-state index is 6.00. The first-order chi connectivity index (χ1) is 9.18. The third kappa shape index (κ3) is 3.87. The van der Waals surface area contributed by atoms with Crippen molar-refractivity contribution in [3.63, 3.8) is 0 Å². The molecule has 1 fully saturated rings. The lowest BCUT2D eigenvalue weighted by Gasteiger charge is -2.33. The Bertz CT molecular complexity index is 383. The molecule has 1 heterocycles. The molecule has 1 aromatic carbocycles. The zero-order chi connectivity index (χ0) is 13.7. The molecule has 0 saturated carbocycles. The molecule has 2 rings (SSSR count). The van der Waals surface area contributed by atoms with Crippen LogP contribution in [0.25, 0.3) is 0 Å². The predicted octanol–water partition coefficient (Wildman–Crippen LogP) is 3.25. The van der Waals surface area contributed by atoms with Crippen molar-refractivity contribution in [2.45, 2.75) is 45.6 Å². The van der Waals surface area contributed by atoms with Crippen LogP contribution in [-0.4, -0.2) is 30.6 Å². The van der Waals surface area contributed by atoms with Crippen molar-refractivity contribution in [2.24, 2.45) is 0 Å². The Labute approximate surface area is 117 Å². The number of likely N-dealkylation sites (tertiary alicyclic amines) is 1. The Balaban J connectivity index is 1.74. The number of benzene rings is 1. The van der Waals surface area contributed by atoms with E-state index in [9.17, 15) is 0 Å². The second-order valence-corrected chi connectivity index (χ2v) is 5.70. The number of piperidine rings is 1. The van der Waals surface area contributed by atoms with Crippen LogP contribution in [0.15, 0.2) is 18.2 Å². The van der Waals surface area contributed by atoms with Gasteiger partial charge in [-0.3, -0.25) is 0 Å². The number of nitrogens with two attached hydrogens (primary N) is 1. The fourth-order valence-corrected chi connectivity index (χ4v) is 2.92. The third-order valence-electron chi connectivity index (χ3n) is 4.17. The van der Waals surface area contributed by atoms with Gasteiger partial charge >= 0.3 is 0 Å². The SMILES string of the molecule is Cc1cccc(N)c1NCCCN1CCCCC1C. The Kier molecular flexibility index (Phi) is 5.08. The van der Waals surface area contributed by atoms with Crippen LogP contribution in [0.4, 0.5) is 11.4 Å². The zero-order valence-electron chi connectivity index (χ0n) is 12.3. The number of anilines is 2. The van der Waals surface area contributed by atoms with Crippen molar-refractivity contribution in [3.8, 4) is 0 Å². The molecule has 0 aromatic heterocycles. The minimum absolute atomic E-state index is 0.761. The van der Waals surface area contributed by atoms with Crippen LogP contribution in [0, 0.1) is 6.92 Å². The summed E-state index contributed by atoms with van der Waals surface area (Å²) in [6, 6.07) is 6.83. The van der Waals surface area contributed by atoms with Gasteiger partial charge < -0.3 is 16.0 Å². The highest BCUT2D eigenvalue weighted by Gasteiger charge is 2.17. The van der Waals surface area contributed by atoms with E-state index in [1.807, 2.05) is 12.1 Å². The molecule has 19 heavy (non-hydrogen) atoms. The monoisotopic (exact) mass is 261 g/mol. The molecule has 1 saturated heterocycles. The van der Waals surface area contributed by atoms with E-state index in [1.165, 1.54) is 44.3 Å². The molecule has 3 heteroatoms.